The van der Waals surface area contributed by atoms with Gasteiger partial charge in [0.2, 0.25) is 0 Å². The van der Waals surface area contributed by atoms with Crippen molar-refractivity contribution in [2.24, 2.45) is 5.92 Å². The molecule has 1 aromatic rings. The van der Waals surface area contributed by atoms with E-state index in [1.165, 1.54) is 26.7 Å². The molecule has 1 unspecified atom stereocenters. The standard InChI is InChI=1S/C15H19NO3S/c1-3-6-16(9-14(17)18)15(19)13-8-11-7-10(2)4-5-12(11)20-13/h3,8,10H,1,4-7,9H2,2H3,(H,17,18). The molecule has 20 heavy (non-hydrogen) atoms. The number of hydrogen-bond donors (Lipinski definition) is 1. The monoisotopic (exact) mass is 293 g/mol. The molecule has 1 aliphatic rings. The Morgan fingerprint density at radius 3 is 3.00 bits per heavy atom. The number of carbonyl (C=O) groups excluding carboxylic acids is 1. The van der Waals surface area contributed by atoms with Crippen molar-refractivity contribution < 1.29 is 14.7 Å². The van der Waals surface area contributed by atoms with Gasteiger partial charge in [-0.25, -0.2) is 0 Å². The number of rotatable bonds is 5. The number of aryl methyl sites for hydroxylation is 1. The first-order chi connectivity index (χ1) is 9.51. The molecule has 1 amide bonds. The zero-order valence-corrected chi connectivity index (χ0v) is 12.4. The highest BCUT2D eigenvalue weighted by Crippen LogP contribution is 2.32. The lowest BCUT2D eigenvalue weighted by Crippen LogP contribution is -2.35. The Bertz CT molecular complexity index is 535. The molecule has 0 saturated heterocycles. The van der Waals surface area contributed by atoms with E-state index in [1.807, 2.05) is 6.07 Å². The number of carbonyl (C=O) groups is 2. The van der Waals surface area contributed by atoms with Crippen LogP contribution in [0, 0.1) is 5.92 Å². The SMILES string of the molecule is C=CCN(CC(=O)O)C(=O)c1cc2c(s1)CCC(C)C2. The minimum absolute atomic E-state index is 0.209. The van der Waals surface area contributed by atoms with Gasteiger partial charge in [-0.15, -0.1) is 17.9 Å². The largest absolute Gasteiger partial charge is 0.480 e. The van der Waals surface area contributed by atoms with Crippen molar-refractivity contribution in [3.8, 4) is 0 Å². The fourth-order valence-corrected chi connectivity index (χ4v) is 3.68. The average molecular weight is 293 g/mol. The van der Waals surface area contributed by atoms with Gasteiger partial charge in [0.15, 0.2) is 0 Å². The van der Waals surface area contributed by atoms with E-state index in [2.05, 4.69) is 13.5 Å². The normalized spacial score (nSPS) is 17.4. The Labute approximate surface area is 122 Å². The maximum Gasteiger partial charge on any atom is 0.323 e. The third-order valence-electron chi connectivity index (χ3n) is 3.50. The lowest BCUT2D eigenvalue weighted by molar-refractivity contribution is -0.137. The summed E-state index contributed by atoms with van der Waals surface area (Å²) in [6.07, 6.45) is 4.75. The van der Waals surface area contributed by atoms with Gasteiger partial charge < -0.3 is 10.0 Å². The van der Waals surface area contributed by atoms with Gasteiger partial charge in [0.25, 0.3) is 5.91 Å². The molecule has 1 atom stereocenters. The highest BCUT2D eigenvalue weighted by molar-refractivity contribution is 7.14. The topological polar surface area (TPSA) is 57.6 Å². The maximum absolute atomic E-state index is 12.4. The van der Waals surface area contributed by atoms with Crippen LogP contribution < -0.4 is 0 Å². The zero-order valence-electron chi connectivity index (χ0n) is 11.6. The average Bonchev–Trinajstić information content (AvgIpc) is 2.79. The molecular weight excluding hydrogens is 274 g/mol. The van der Waals surface area contributed by atoms with E-state index in [1.54, 1.807) is 6.08 Å². The molecule has 1 aliphatic carbocycles. The molecule has 5 heteroatoms. The summed E-state index contributed by atoms with van der Waals surface area (Å²) in [5.41, 5.74) is 1.26. The number of aliphatic carboxylic acids is 1. The van der Waals surface area contributed by atoms with Crippen molar-refractivity contribution in [2.45, 2.75) is 26.2 Å². The zero-order chi connectivity index (χ0) is 14.7. The second-order valence-electron chi connectivity index (χ2n) is 5.28. The molecular formula is C15H19NO3S. The summed E-state index contributed by atoms with van der Waals surface area (Å²) in [5, 5.41) is 8.88. The van der Waals surface area contributed by atoms with E-state index in [9.17, 15) is 9.59 Å². The first kappa shape index (κ1) is 14.8. The van der Waals surface area contributed by atoms with Gasteiger partial charge in [0.05, 0.1) is 4.88 Å². The van der Waals surface area contributed by atoms with Crippen molar-refractivity contribution >= 4 is 23.2 Å². The molecule has 1 aromatic heterocycles. The quantitative estimate of drug-likeness (QED) is 0.849. The molecule has 0 radical (unpaired) electrons. The highest BCUT2D eigenvalue weighted by Gasteiger charge is 2.24. The van der Waals surface area contributed by atoms with Gasteiger partial charge in [-0.3, -0.25) is 9.59 Å². The van der Waals surface area contributed by atoms with Crippen molar-refractivity contribution in [1.82, 2.24) is 4.90 Å². The van der Waals surface area contributed by atoms with E-state index < -0.39 is 5.97 Å². The third kappa shape index (κ3) is 3.28. The van der Waals surface area contributed by atoms with E-state index in [0.717, 1.165) is 19.3 Å². The summed E-state index contributed by atoms with van der Waals surface area (Å²) >= 11 is 1.51. The van der Waals surface area contributed by atoms with Gasteiger partial charge in [-0.2, -0.15) is 0 Å². The molecule has 2 rings (SSSR count). The minimum atomic E-state index is -1.00. The van der Waals surface area contributed by atoms with Crippen LogP contribution in [0.15, 0.2) is 18.7 Å². The number of amides is 1. The van der Waals surface area contributed by atoms with Gasteiger partial charge in [-0.05, 0) is 36.8 Å². The molecule has 0 saturated carbocycles. The fourth-order valence-electron chi connectivity index (χ4n) is 2.51. The second-order valence-corrected chi connectivity index (χ2v) is 6.41. The Balaban J connectivity index is 2.19. The molecule has 1 N–H and O–H groups in total. The fraction of sp³-hybridized carbons (Fsp3) is 0.467. The summed E-state index contributed by atoms with van der Waals surface area (Å²) in [5.74, 6) is -0.558. The Hall–Kier alpha value is -1.62. The number of nitrogens with zero attached hydrogens (tertiary/aromatic N) is 1. The molecule has 108 valence electrons. The van der Waals surface area contributed by atoms with Crippen molar-refractivity contribution in [1.29, 1.82) is 0 Å². The van der Waals surface area contributed by atoms with E-state index >= 15 is 0 Å². The van der Waals surface area contributed by atoms with Crippen LogP contribution in [0.25, 0.3) is 0 Å². The van der Waals surface area contributed by atoms with Crippen LogP contribution in [0.1, 0.15) is 33.5 Å². The van der Waals surface area contributed by atoms with Gasteiger partial charge >= 0.3 is 5.97 Å². The first-order valence-corrected chi connectivity index (χ1v) is 7.56. The summed E-state index contributed by atoms with van der Waals surface area (Å²) in [6, 6.07) is 1.94. The molecule has 1 heterocycles. The van der Waals surface area contributed by atoms with Crippen LogP contribution in [0.4, 0.5) is 0 Å². The van der Waals surface area contributed by atoms with Crippen LogP contribution in [-0.4, -0.2) is 35.0 Å². The molecule has 0 bridgehead atoms. The van der Waals surface area contributed by atoms with Crippen LogP contribution in [0.3, 0.4) is 0 Å². The Morgan fingerprint density at radius 2 is 2.35 bits per heavy atom. The first-order valence-electron chi connectivity index (χ1n) is 6.74. The Morgan fingerprint density at radius 1 is 1.60 bits per heavy atom. The van der Waals surface area contributed by atoms with Crippen LogP contribution in [0.5, 0.6) is 0 Å². The van der Waals surface area contributed by atoms with Gasteiger partial charge in [0.1, 0.15) is 6.54 Å². The molecule has 0 aliphatic heterocycles. The molecule has 4 nitrogen and oxygen atoms in total. The van der Waals surface area contributed by atoms with Crippen LogP contribution in [-0.2, 0) is 17.6 Å². The lowest BCUT2D eigenvalue weighted by Gasteiger charge is -2.17. The van der Waals surface area contributed by atoms with Crippen LogP contribution in [0.2, 0.25) is 0 Å². The number of hydrogen-bond acceptors (Lipinski definition) is 3. The smallest absolute Gasteiger partial charge is 0.323 e. The van der Waals surface area contributed by atoms with E-state index in [-0.39, 0.29) is 19.0 Å². The summed E-state index contributed by atoms with van der Waals surface area (Å²) in [6.45, 7) is 5.76. The van der Waals surface area contributed by atoms with Crippen molar-refractivity contribution in [3.63, 3.8) is 0 Å². The summed E-state index contributed by atoms with van der Waals surface area (Å²) < 4.78 is 0. The number of carboxylic acid groups (broad SMARTS) is 1. The molecule has 0 spiro atoms. The Kier molecular flexibility index (Phi) is 4.60. The predicted octanol–water partition coefficient (Wildman–Crippen LogP) is 2.59. The number of thiophene rings is 1. The summed E-state index contributed by atoms with van der Waals surface area (Å²) in [4.78, 5) is 26.5. The minimum Gasteiger partial charge on any atom is -0.480 e. The maximum atomic E-state index is 12.4. The third-order valence-corrected chi connectivity index (χ3v) is 4.73. The van der Waals surface area contributed by atoms with Gasteiger partial charge in [0, 0.05) is 11.4 Å². The number of fused-ring (bicyclic) bond motifs is 1. The van der Waals surface area contributed by atoms with Crippen molar-refractivity contribution in [3.05, 3.63) is 34.0 Å². The van der Waals surface area contributed by atoms with Crippen LogP contribution >= 0.6 is 11.3 Å². The lowest BCUT2D eigenvalue weighted by atomic mass is 9.90. The van der Waals surface area contributed by atoms with E-state index in [0.29, 0.717) is 10.8 Å². The van der Waals surface area contributed by atoms with Gasteiger partial charge in [-0.1, -0.05) is 13.0 Å². The predicted molar refractivity (Wildman–Crippen MR) is 79.2 cm³/mol. The molecule has 0 fully saturated rings. The van der Waals surface area contributed by atoms with E-state index in [4.69, 9.17) is 5.11 Å². The summed E-state index contributed by atoms with van der Waals surface area (Å²) in [7, 11) is 0. The molecule has 0 aromatic carbocycles. The van der Waals surface area contributed by atoms with Crippen molar-refractivity contribution in [2.75, 3.05) is 13.1 Å². The number of carboxylic acids is 1. The second kappa shape index (κ2) is 6.22. The highest BCUT2D eigenvalue weighted by atomic mass is 32.1.